The van der Waals surface area contributed by atoms with Crippen LogP contribution in [0.15, 0.2) is 48.5 Å². The van der Waals surface area contributed by atoms with E-state index >= 15 is 0 Å². The smallest absolute Gasteiger partial charge is 0.411 e. The third-order valence-electron chi connectivity index (χ3n) is 3.68. The molecule has 6 nitrogen and oxygen atoms in total. The van der Waals surface area contributed by atoms with Crippen molar-refractivity contribution in [2.75, 3.05) is 23.8 Å². The SMILES string of the molecule is CCCOC(=O)Nc1ccc(Cc2ccc(NC(=O)OCCC)cc2)cc1. The third-order valence-corrected chi connectivity index (χ3v) is 3.68. The molecule has 2 N–H and O–H groups in total. The lowest BCUT2D eigenvalue weighted by molar-refractivity contribution is 0.161. The average molecular weight is 370 g/mol. The molecule has 0 bridgehead atoms. The first-order chi connectivity index (χ1) is 13.1. The first-order valence-corrected chi connectivity index (χ1v) is 9.16. The normalized spacial score (nSPS) is 10.1. The van der Waals surface area contributed by atoms with Crippen LogP contribution in [0.25, 0.3) is 0 Å². The minimum Gasteiger partial charge on any atom is -0.449 e. The second-order valence-electron chi connectivity index (χ2n) is 6.09. The van der Waals surface area contributed by atoms with Crippen LogP contribution in [0.5, 0.6) is 0 Å². The van der Waals surface area contributed by atoms with E-state index in [2.05, 4.69) is 10.6 Å². The Labute approximate surface area is 159 Å². The molecule has 2 aromatic rings. The van der Waals surface area contributed by atoms with Gasteiger partial charge in [0, 0.05) is 11.4 Å². The Balaban J connectivity index is 1.86. The van der Waals surface area contributed by atoms with E-state index in [1.165, 1.54) is 0 Å². The van der Waals surface area contributed by atoms with E-state index in [4.69, 9.17) is 9.47 Å². The summed E-state index contributed by atoms with van der Waals surface area (Å²) in [7, 11) is 0. The summed E-state index contributed by atoms with van der Waals surface area (Å²) in [5.41, 5.74) is 3.63. The van der Waals surface area contributed by atoms with Crippen molar-refractivity contribution in [1.82, 2.24) is 0 Å². The number of anilines is 2. The Morgan fingerprint density at radius 2 is 1.07 bits per heavy atom. The van der Waals surface area contributed by atoms with Gasteiger partial charge in [0.2, 0.25) is 0 Å². The summed E-state index contributed by atoms with van der Waals surface area (Å²) in [5.74, 6) is 0. The third kappa shape index (κ3) is 7.40. The summed E-state index contributed by atoms with van der Waals surface area (Å²) in [6.45, 7) is 4.71. The molecule has 0 aliphatic heterocycles. The van der Waals surface area contributed by atoms with Crippen LogP contribution in [0.3, 0.4) is 0 Å². The molecule has 0 unspecified atom stereocenters. The van der Waals surface area contributed by atoms with E-state index in [1.54, 1.807) is 0 Å². The fraction of sp³-hybridized carbons (Fsp3) is 0.333. The van der Waals surface area contributed by atoms with E-state index in [1.807, 2.05) is 62.4 Å². The molecule has 2 rings (SSSR count). The maximum Gasteiger partial charge on any atom is 0.411 e. The molecule has 0 aromatic heterocycles. The molecule has 0 fully saturated rings. The highest BCUT2D eigenvalue weighted by atomic mass is 16.6. The second-order valence-corrected chi connectivity index (χ2v) is 6.09. The fourth-order valence-corrected chi connectivity index (χ4v) is 2.34. The standard InChI is InChI=1S/C21H26N2O4/c1-3-13-26-20(24)22-18-9-5-16(6-10-18)15-17-7-11-19(12-8-17)23-21(25)27-14-4-2/h5-12H,3-4,13-15H2,1-2H3,(H,22,24)(H,23,25). The van der Waals surface area contributed by atoms with Crippen LogP contribution in [-0.2, 0) is 15.9 Å². The average Bonchev–Trinajstić information content (AvgIpc) is 2.68. The van der Waals surface area contributed by atoms with Crippen LogP contribution in [0, 0.1) is 0 Å². The Bertz CT molecular complexity index is 663. The Morgan fingerprint density at radius 3 is 1.41 bits per heavy atom. The maximum atomic E-state index is 11.5. The molecular weight excluding hydrogens is 344 g/mol. The van der Waals surface area contributed by atoms with Crippen molar-refractivity contribution in [2.45, 2.75) is 33.1 Å². The maximum absolute atomic E-state index is 11.5. The van der Waals surface area contributed by atoms with Gasteiger partial charge in [0.1, 0.15) is 0 Å². The van der Waals surface area contributed by atoms with E-state index in [0.29, 0.717) is 24.6 Å². The van der Waals surface area contributed by atoms with E-state index in [-0.39, 0.29) is 0 Å². The van der Waals surface area contributed by atoms with E-state index in [9.17, 15) is 9.59 Å². The van der Waals surface area contributed by atoms with E-state index in [0.717, 1.165) is 30.4 Å². The topological polar surface area (TPSA) is 76.7 Å². The van der Waals surface area contributed by atoms with Crippen molar-refractivity contribution in [2.24, 2.45) is 0 Å². The highest BCUT2D eigenvalue weighted by Crippen LogP contribution is 2.16. The van der Waals surface area contributed by atoms with Gasteiger partial charge in [-0.1, -0.05) is 38.1 Å². The molecule has 0 atom stereocenters. The van der Waals surface area contributed by atoms with E-state index < -0.39 is 12.2 Å². The molecule has 0 saturated carbocycles. The molecule has 27 heavy (non-hydrogen) atoms. The van der Waals surface area contributed by atoms with Crippen LogP contribution >= 0.6 is 0 Å². The van der Waals surface area contributed by atoms with Gasteiger partial charge in [-0.2, -0.15) is 0 Å². The minimum absolute atomic E-state index is 0.408. The number of nitrogens with one attached hydrogen (secondary N) is 2. The first-order valence-electron chi connectivity index (χ1n) is 9.16. The fourth-order valence-electron chi connectivity index (χ4n) is 2.34. The number of hydrogen-bond acceptors (Lipinski definition) is 4. The molecular formula is C21H26N2O4. The number of rotatable bonds is 8. The van der Waals surface area contributed by atoms with Crippen molar-refractivity contribution >= 4 is 23.6 Å². The van der Waals surface area contributed by atoms with Crippen molar-refractivity contribution in [3.05, 3.63) is 59.7 Å². The van der Waals surface area contributed by atoms with Crippen LogP contribution in [-0.4, -0.2) is 25.4 Å². The molecule has 2 amide bonds. The Kier molecular flexibility index (Phi) is 8.16. The van der Waals surface area contributed by atoms with Crippen molar-refractivity contribution in [3.63, 3.8) is 0 Å². The van der Waals surface area contributed by atoms with Gasteiger partial charge in [0.25, 0.3) is 0 Å². The highest BCUT2D eigenvalue weighted by Gasteiger charge is 2.04. The molecule has 0 radical (unpaired) electrons. The molecule has 0 spiro atoms. The number of benzene rings is 2. The van der Waals surface area contributed by atoms with Gasteiger partial charge in [-0.3, -0.25) is 10.6 Å². The monoisotopic (exact) mass is 370 g/mol. The molecule has 2 aromatic carbocycles. The summed E-state index contributed by atoms with van der Waals surface area (Å²) in [6.07, 6.45) is 1.46. The number of hydrogen-bond donors (Lipinski definition) is 2. The number of ether oxygens (including phenoxy) is 2. The summed E-state index contributed by atoms with van der Waals surface area (Å²) in [4.78, 5) is 23.1. The van der Waals surface area contributed by atoms with Crippen LogP contribution in [0.4, 0.5) is 21.0 Å². The van der Waals surface area contributed by atoms with Gasteiger partial charge in [-0.25, -0.2) is 9.59 Å². The Hall–Kier alpha value is -3.02. The van der Waals surface area contributed by atoms with Crippen LogP contribution in [0.1, 0.15) is 37.8 Å². The van der Waals surface area contributed by atoms with Crippen LogP contribution in [0.2, 0.25) is 0 Å². The summed E-state index contributed by atoms with van der Waals surface area (Å²) < 4.78 is 9.98. The summed E-state index contributed by atoms with van der Waals surface area (Å²) in [5, 5.41) is 5.39. The predicted molar refractivity (Wildman–Crippen MR) is 106 cm³/mol. The molecule has 0 heterocycles. The number of amides is 2. The number of carbonyl (C=O) groups is 2. The molecule has 0 aliphatic carbocycles. The van der Waals surface area contributed by atoms with Gasteiger partial charge in [0.15, 0.2) is 0 Å². The second kappa shape index (κ2) is 10.9. The lowest BCUT2D eigenvalue weighted by atomic mass is 10.0. The van der Waals surface area contributed by atoms with Gasteiger partial charge in [0.05, 0.1) is 13.2 Å². The van der Waals surface area contributed by atoms with Crippen molar-refractivity contribution < 1.29 is 19.1 Å². The van der Waals surface area contributed by atoms with Gasteiger partial charge >= 0.3 is 12.2 Å². The van der Waals surface area contributed by atoms with Crippen LogP contribution < -0.4 is 10.6 Å². The zero-order valence-electron chi connectivity index (χ0n) is 15.8. The van der Waals surface area contributed by atoms with Crippen molar-refractivity contribution in [1.29, 1.82) is 0 Å². The molecule has 0 saturated heterocycles. The summed E-state index contributed by atoms with van der Waals surface area (Å²) in [6, 6.07) is 15.2. The van der Waals surface area contributed by atoms with Gasteiger partial charge in [-0.05, 0) is 54.7 Å². The largest absolute Gasteiger partial charge is 0.449 e. The van der Waals surface area contributed by atoms with Crippen molar-refractivity contribution in [3.8, 4) is 0 Å². The zero-order chi connectivity index (χ0) is 19.5. The summed E-state index contributed by atoms with van der Waals surface area (Å²) >= 11 is 0. The highest BCUT2D eigenvalue weighted by molar-refractivity contribution is 5.85. The molecule has 6 heteroatoms. The quantitative estimate of drug-likeness (QED) is 0.670. The zero-order valence-corrected chi connectivity index (χ0v) is 15.8. The number of carbonyl (C=O) groups excluding carboxylic acids is 2. The first kappa shape index (κ1) is 20.3. The Morgan fingerprint density at radius 1 is 0.704 bits per heavy atom. The minimum atomic E-state index is -0.440. The lowest BCUT2D eigenvalue weighted by Gasteiger charge is -2.08. The predicted octanol–water partition coefficient (Wildman–Crippen LogP) is 5.19. The lowest BCUT2D eigenvalue weighted by Crippen LogP contribution is -2.14. The van der Waals surface area contributed by atoms with Gasteiger partial charge < -0.3 is 9.47 Å². The molecule has 0 aliphatic rings. The van der Waals surface area contributed by atoms with Gasteiger partial charge in [-0.15, -0.1) is 0 Å². The molecule has 144 valence electrons.